The summed E-state index contributed by atoms with van der Waals surface area (Å²) in [7, 11) is 0. The maximum atomic E-state index is 9.08. The number of hydrogen-bond donors (Lipinski definition) is 1. The van der Waals surface area contributed by atoms with E-state index in [1.165, 1.54) is 5.57 Å². The fourth-order valence-corrected chi connectivity index (χ4v) is 1.93. The van der Waals surface area contributed by atoms with Crippen molar-refractivity contribution in [2.75, 3.05) is 6.61 Å². The van der Waals surface area contributed by atoms with Gasteiger partial charge in [0.2, 0.25) is 0 Å². The number of aliphatic hydroxyl groups excluding tert-OH is 1. The van der Waals surface area contributed by atoms with E-state index in [9.17, 15) is 0 Å². The Bertz CT molecular complexity index is 168. The molecule has 0 aromatic rings. The molecule has 0 amide bonds. The summed E-state index contributed by atoms with van der Waals surface area (Å²) in [6.07, 6.45) is 4.61. The van der Waals surface area contributed by atoms with Crippen molar-refractivity contribution in [1.29, 1.82) is 0 Å². The first-order valence-electron chi connectivity index (χ1n) is 4.35. The molecule has 1 N–H and O–H groups in total. The van der Waals surface area contributed by atoms with Crippen molar-refractivity contribution in [3.8, 4) is 0 Å². The summed E-state index contributed by atoms with van der Waals surface area (Å²) in [5, 5.41) is 9.08. The SMILES string of the molecule is CC1=CC(C)(C)[C@@H](CO)CC1. The van der Waals surface area contributed by atoms with Gasteiger partial charge in [0.05, 0.1) is 0 Å². The van der Waals surface area contributed by atoms with Gasteiger partial charge < -0.3 is 5.11 Å². The molecule has 0 unspecified atom stereocenters. The second-order valence-electron chi connectivity index (χ2n) is 4.23. The Morgan fingerprint density at radius 2 is 2.27 bits per heavy atom. The van der Waals surface area contributed by atoms with Gasteiger partial charge in [-0.05, 0) is 31.1 Å². The molecule has 0 spiro atoms. The lowest BCUT2D eigenvalue weighted by atomic mass is 9.71. The monoisotopic (exact) mass is 154 g/mol. The lowest BCUT2D eigenvalue weighted by Gasteiger charge is -2.35. The normalized spacial score (nSPS) is 29.8. The molecule has 1 rings (SSSR count). The third-order valence-electron chi connectivity index (χ3n) is 2.78. The van der Waals surface area contributed by atoms with Gasteiger partial charge in [0.25, 0.3) is 0 Å². The van der Waals surface area contributed by atoms with Crippen LogP contribution in [0.25, 0.3) is 0 Å². The number of aliphatic hydroxyl groups is 1. The smallest absolute Gasteiger partial charge is 0.0467 e. The molecule has 64 valence electrons. The van der Waals surface area contributed by atoms with Crippen LogP contribution in [0.3, 0.4) is 0 Å². The highest BCUT2D eigenvalue weighted by Crippen LogP contribution is 2.37. The fraction of sp³-hybridized carbons (Fsp3) is 0.800. The topological polar surface area (TPSA) is 20.2 Å². The molecule has 0 saturated carbocycles. The number of hydrogen-bond acceptors (Lipinski definition) is 1. The summed E-state index contributed by atoms with van der Waals surface area (Å²) >= 11 is 0. The Kier molecular flexibility index (Phi) is 2.38. The predicted molar refractivity (Wildman–Crippen MR) is 47.3 cm³/mol. The van der Waals surface area contributed by atoms with Crippen LogP contribution in [0.15, 0.2) is 11.6 Å². The molecule has 1 nitrogen and oxygen atoms in total. The summed E-state index contributed by atoms with van der Waals surface area (Å²) in [5.41, 5.74) is 1.68. The maximum Gasteiger partial charge on any atom is 0.0467 e. The third-order valence-corrected chi connectivity index (χ3v) is 2.78. The van der Waals surface area contributed by atoms with Gasteiger partial charge >= 0.3 is 0 Å². The molecule has 0 bridgehead atoms. The van der Waals surface area contributed by atoms with E-state index in [0.717, 1.165) is 12.8 Å². The van der Waals surface area contributed by atoms with Crippen molar-refractivity contribution in [2.45, 2.75) is 33.6 Å². The third kappa shape index (κ3) is 1.84. The lowest BCUT2D eigenvalue weighted by molar-refractivity contribution is 0.135. The molecule has 0 radical (unpaired) electrons. The van der Waals surface area contributed by atoms with Crippen LogP contribution in [0.2, 0.25) is 0 Å². The predicted octanol–water partition coefficient (Wildman–Crippen LogP) is 2.36. The molecule has 0 fully saturated rings. The number of allylic oxidation sites excluding steroid dienone is 2. The highest BCUT2D eigenvalue weighted by molar-refractivity contribution is 5.11. The largest absolute Gasteiger partial charge is 0.396 e. The summed E-state index contributed by atoms with van der Waals surface area (Å²) in [6.45, 7) is 6.92. The minimum absolute atomic E-state index is 0.205. The summed E-state index contributed by atoms with van der Waals surface area (Å²) in [5.74, 6) is 0.464. The summed E-state index contributed by atoms with van der Waals surface area (Å²) in [4.78, 5) is 0. The van der Waals surface area contributed by atoms with Crippen LogP contribution in [-0.2, 0) is 0 Å². The first-order valence-corrected chi connectivity index (χ1v) is 4.35. The molecule has 0 saturated heterocycles. The highest BCUT2D eigenvalue weighted by atomic mass is 16.3. The van der Waals surface area contributed by atoms with Gasteiger partial charge in [-0.3, -0.25) is 0 Å². The molecule has 11 heavy (non-hydrogen) atoms. The van der Waals surface area contributed by atoms with E-state index in [1.807, 2.05) is 0 Å². The molecular formula is C10H18O. The van der Waals surface area contributed by atoms with Gasteiger partial charge in [-0.25, -0.2) is 0 Å². The number of rotatable bonds is 1. The van der Waals surface area contributed by atoms with Crippen molar-refractivity contribution in [2.24, 2.45) is 11.3 Å². The van der Waals surface area contributed by atoms with Crippen LogP contribution >= 0.6 is 0 Å². The molecular weight excluding hydrogens is 136 g/mol. The zero-order valence-corrected chi connectivity index (χ0v) is 7.72. The Labute approximate surface area is 69.1 Å². The molecule has 0 aromatic heterocycles. The van der Waals surface area contributed by atoms with Crippen molar-refractivity contribution >= 4 is 0 Å². The highest BCUT2D eigenvalue weighted by Gasteiger charge is 2.29. The van der Waals surface area contributed by atoms with Crippen molar-refractivity contribution in [1.82, 2.24) is 0 Å². The Balaban J connectivity index is 2.76. The Morgan fingerprint density at radius 3 is 2.73 bits per heavy atom. The fourth-order valence-electron chi connectivity index (χ4n) is 1.93. The van der Waals surface area contributed by atoms with E-state index in [4.69, 9.17) is 5.11 Å². The maximum absolute atomic E-state index is 9.08. The second-order valence-corrected chi connectivity index (χ2v) is 4.23. The van der Waals surface area contributed by atoms with Gasteiger partial charge in [-0.1, -0.05) is 25.5 Å². The van der Waals surface area contributed by atoms with E-state index in [2.05, 4.69) is 26.8 Å². The van der Waals surface area contributed by atoms with Crippen LogP contribution in [0.5, 0.6) is 0 Å². The van der Waals surface area contributed by atoms with E-state index >= 15 is 0 Å². The molecule has 1 aliphatic rings. The van der Waals surface area contributed by atoms with Crippen molar-refractivity contribution in [3.05, 3.63) is 11.6 Å². The van der Waals surface area contributed by atoms with Crippen LogP contribution in [0.4, 0.5) is 0 Å². The van der Waals surface area contributed by atoms with Crippen molar-refractivity contribution < 1.29 is 5.11 Å². The zero-order valence-electron chi connectivity index (χ0n) is 7.72. The van der Waals surface area contributed by atoms with Gasteiger partial charge in [-0.2, -0.15) is 0 Å². The minimum Gasteiger partial charge on any atom is -0.396 e. The van der Waals surface area contributed by atoms with Crippen LogP contribution in [0.1, 0.15) is 33.6 Å². The van der Waals surface area contributed by atoms with Crippen molar-refractivity contribution in [3.63, 3.8) is 0 Å². The van der Waals surface area contributed by atoms with E-state index < -0.39 is 0 Å². The zero-order chi connectivity index (χ0) is 8.48. The van der Waals surface area contributed by atoms with Crippen LogP contribution < -0.4 is 0 Å². The quantitative estimate of drug-likeness (QED) is 0.575. The van der Waals surface area contributed by atoms with Gasteiger partial charge in [0.1, 0.15) is 0 Å². The van der Waals surface area contributed by atoms with E-state index in [-0.39, 0.29) is 5.41 Å². The average molecular weight is 154 g/mol. The molecule has 0 heterocycles. The van der Waals surface area contributed by atoms with E-state index in [0.29, 0.717) is 12.5 Å². The first kappa shape index (κ1) is 8.79. The average Bonchev–Trinajstić information content (AvgIpc) is 1.85. The summed E-state index contributed by atoms with van der Waals surface area (Å²) < 4.78 is 0. The van der Waals surface area contributed by atoms with Crippen LogP contribution in [-0.4, -0.2) is 11.7 Å². The summed E-state index contributed by atoms with van der Waals surface area (Å²) in [6, 6.07) is 0. The van der Waals surface area contributed by atoms with Gasteiger partial charge in [-0.15, -0.1) is 0 Å². The Hall–Kier alpha value is -0.300. The molecule has 1 heteroatoms. The molecule has 1 aliphatic carbocycles. The van der Waals surface area contributed by atoms with E-state index in [1.54, 1.807) is 0 Å². The molecule has 1 atom stereocenters. The Morgan fingerprint density at radius 1 is 1.64 bits per heavy atom. The van der Waals surface area contributed by atoms with Gasteiger partial charge in [0.15, 0.2) is 0 Å². The first-order chi connectivity index (χ1) is 5.06. The second kappa shape index (κ2) is 2.98. The minimum atomic E-state index is 0.205. The molecule has 0 aromatic carbocycles. The standard InChI is InChI=1S/C10H18O/c1-8-4-5-9(7-11)10(2,3)6-8/h6,9,11H,4-5,7H2,1-3H3/t9-/m1/s1. The van der Waals surface area contributed by atoms with Crippen LogP contribution in [0, 0.1) is 11.3 Å². The van der Waals surface area contributed by atoms with Gasteiger partial charge in [0, 0.05) is 6.61 Å². The molecule has 0 aliphatic heterocycles. The lowest BCUT2D eigenvalue weighted by Crippen LogP contribution is -2.28.